The standard InChI is InChI=1S/C22H22N4OS/c1-2-3-13-23-21-20-22(25-15-24-21)28(27)19-12-8-7-11-17(19)18(26-20)14-16-9-5-4-6-10-16/h4-12,15H,2-3,13-14H2,1H3,(H,23,24,25). The van der Waals surface area contributed by atoms with Crippen LogP contribution >= 0.6 is 0 Å². The van der Waals surface area contributed by atoms with E-state index in [0.717, 1.165) is 41.1 Å². The molecular weight excluding hydrogens is 368 g/mol. The number of nitrogens with one attached hydrogen (secondary N) is 1. The van der Waals surface area contributed by atoms with Gasteiger partial charge < -0.3 is 5.32 Å². The lowest BCUT2D eigenvalue weighted by Gasteiger charge is -2.10. The van der Waals surface area contributed by atoms with Crippen molar-refractivity contribution in [3.8, 4) is 0 Å². The van der Waals surface area contributed by atoms with E-state index in [1.165, 1.54) is 6.33 Å². The van der Waals surface area contributed by atoms with Gasteiger partial charge in [-0.05, 0) is 18.1 Å². The third-order valence-electron chi connectivity index (χ3n) is 4.65. The number of anilines is 1. The maximum Gasteiger partial charge on any atom is 0.163 e. The van der Waals surface area contributed by atoms with Crippen LogP contribution in [0.4, 0.5) is 11.5 Å². The number of aromatic nitrogens is 2. The van der Waals surface area contributed by atoms with Crippen molar-refractivity contribution in [2.24, 2.45) is 4.99 Å². The summed E-state index contributed by atoms with van der Waals surface area (Å²) in [5.74, 6) is 0.644. The van der Waals surface area contributed by atoms with Crippen LogP contribution in [0.3, 0.4) is 0 Å². The van der Waals surface area contributed by atoms with E-state index in [2.05, 4.69) is 34.3 Å². The monoisotopic (exact) mass is 390 g/mol. The Bertz CT molecular complexity index is 1030. The van der Waals surface area contributed by atoms with Crippen molar-refractivity contribution in [3.05, 3.63) is 72.1 Å². The van der Waals surface area contributed by atoms with Crippen molar-refractivity contribution in [2.45, 2.75) is 36.1 Å². The lowest BCUT2D eigenvalue weighted by molar-refractivity contribution is 0.680. The molecule has 1 aliphatic heterocycles. The van der Waals surface area contributed by atoms with Gasteiger partial charge >= 0.3 is 0 Å². The molecular formula is C22H22N4OS. The summed E-state index contributed by atoms with van der Waals surface area (Å²) in [6.07, 6.45) is 4.23. The minimum absolute atomic E-state index is 0.463. The molecule has 1 unspecified atom stereocenters. The SMILES string of the molecule is CCCCNc1ncnc2c1N=C(Cc1ccccc1)c1ccccc1S2=O. The Morgan fingerprint density at radius 2 is 1.79 bits per heavy atom. The first kappa shape index (κ1) is 18.5. The van der Waals surface area contributed by atoms with Crippen molar-refractivity contribution >= 4 is 28.0 Å². The molecule has 142 valence electrons. The second kappa shape index (κ2) is 8.44. The van der Waals surface area contributed by atoms with E-state index >= 15 is 0 Å². The van der Waals surface area contributed by atoms with Gasteiger partial charge in [-0.2, -0.15) is 0 Å². The minimum atomic E-state index is -1.41. The van der Waals surface area contributed by atoms with Crippen LogP contribution in [0.1, 0.15) is 30.9 Å². The Morgan fingerprint density at radius 1 is 1.00 bits per heavy atom. The lowest BCUT2D eigenvalue weighted by atomic mass is 10.0. The molecule has 3 aromatic rings. The highest BCUT2D eigenvalue weighted by Gasteiger charge is 2.26. The van der Waals surface area contributed by atoms with Gasteiger partial charge in [0.05, 0.1) is 10.6 Å². The summed E-state index contributed by atoms with van der Waals surface area (Å²) in [6, 6.07) is 17.9. The molecule has 2 aromatic carbocycles. The van der Waals surface area contributed by atoms with E-state index in [4.69, 9.17) is 4.99 Å². The van der Waals surface area contributed by atoms with Crippen LogP contribution < -0.4 is 5.32 Å². The molecule has 1 N–H and O–H groups in total. The Hall–Kier alpha value is -2.86. The molecule has 0 saturated heterocycles. The summed E-state index contributed by atoms with van der Waals surface area (Å²) in [5.41, 5.74) is 3.52. The summed E-state index contributed by atoms with van der Waals surface area (Å²) >= 11 is 0. The van der Waals surface area contributed by atoms with Crippen molar-refractivity contribution in [2.75, 3.05) is 11.9 Å². The predicted octanol–water partition coefficient (Wildman–Crippen LogP) is 4.53. The molecule has 4 rings (SSSR count). The van der Waals surface area contributed by atoms with Crippen molar-refractivity contribution in [3.63, 3.8) is 0 Å². The first-order valence-electron chi connectivity index (χ1n) is 9.49. The van der Waals surface area contributed by atoms with Gasteiger partial charge in [0.2, 0.25) is 0 Å². The maximum absolute atomic E-state index is 13.3. The van der Waals surface area contributed by atoms with E-state index in [0.29, 0.717) is 23.0 Å². The van der Waals surface area contributed by atoms with Gasteiger partial charge in [0.25, 0.3) is 0 Å². The molecule has 0 bridgehead atoms. The third kappa shape index (κ3) is 3.73. The van der Waals surface area contributed by atoms with E-state index in [-0.39, 0.29) is 0 Å². The summed E-state index contributed by atoms with van der Waals surface area (Å²) in [4.78, 5) is 14.4. The van der Waals surface area contributed by atoms with E-state index < -0.39 is 10.8 Å². The fraction of sp³-hybridized carbons (Fsp3) is 0.227. The highest BCUT2D eigenvalue weighted by Crippen LogP contribution is 2.36. The number of fused-ring (bicyclic) bond motifs is 2. The molecule has 0 fully saturated rings. The van der Waals surface area contributed by atoms with Gasteiger partial charge in [-0.1, -0.05) is 61.9 Å². The smallest absolute Gasteiger partial charge is 0.163 e. The van der Waals surface area contributed by atoms with Gasteiger partial charge in [0.1, 0.15) is 22.8 Å². The molecule has 0 saturated carbocycles. The topological polar surface area (TPSA) is 67.2 Å². The van der Waals surface area contributed by atoms with Crippen LogP contribution in [0.5, 0.6) is 0 Å². The summed E-state index contributed by atoms with van der Waals surface area (Å²) in [5, 5.41) is 3.80. The zero-order valence-corrected chi connectivity index (χ0v) is 16.6. The lowest BCUT2D eigenvalue weighted by Crippen LogP contribution is -2.07. The molecule has 5 nitrogen and oxygen atoms in total. The van der Waals surface area contributed by atoms with Crippen LogP contribution in [0.15, 0.2) is 75.8 Å². The van der Waals surface area contributed by atoms with Gasteiger partial charge in [-0.25, -0.2) is 19.2 Å². The zero-order chi connectivity index (χ0) is 19.3. The van der Waals surface area contributed by atoms with Gasteiger partial charge in [0.15, 0.2) is 10.8 Å². The maximum atomic E-state index is 13.3. The number of hydrogen-bond acceptors (Lipinski definition) is 5. The molecule has 2 heterocycles. The fourth-order valence-electron chi connectivity index (χ4n) is 3.20. The zero-order valence-electron chi connectivity index (χ0n) is 15.8. The third-order valence-corrected chi connectivity index (χ3v) is 6.05. The highest BCUT2D eigenvalue weighted by molar-refractivity contribution is 7.85. The summed E-state index contributed by atoms with van der Waals surface area (Å²) in [6.45, 7) is 2.94. The minimum Gasteiger partial charge on any atom is -0.368 e. The van der Waals surface area contributed by atoms with Crippen LogP contribution in [-0.4, -0.2) is 26.4 Å². The fourth-order valence-corrected chi connectivity index (χ4v) is 4.46. The molecule has 0 aliphatic carbocycles. The molecule has 1 atom stereocenters. The number of benzene rings is 2. The van der Waals surface area contributed by atoms with Crippen LogP contribution in [-0.2, 0) is 17.2 Å². The largest absolute Gasteiger partial charge is 0.368 e. The molecule has 6 heteroatoms. The quantitative estimate of drug-likeness (QED) is 0.496. The molecule has 1 aromatic heterocycles. The number of unbranched alkanes of at least 4 members (excludes halogenated alkanes) is 1. The van der Waals surface area contributed by atoms with E-state index in [1.54, 1.807) is 0 Å². The van der Waals surface area contributed by atoms with Crippen LogP contribution in [0, 0.1) is 0 Å². The van der Waals surface area contributed by atoms with Crippen LogP contribution in [0.25, 0.3) is 0 Å². The normalized spacial score (nSPS) is 15.2. The number of hydrogen-bond donors (Lipinski definition) is 1. The number of nitrogens with zero attached hydrogens (tertiary/aromatic N) is 3. The second-order valence-electron chi connectivity index (χ2n) is 6.64. The Morgan fingerprint density at radius 3 is 2.61 bits per heavy atom. The first-order chi connectivity index (χ1) is 13.8. The molecule has 28 heavy (non-hydrogen) atoms. The van der Waals surface area contributed by atoms with E-state index in [9.17, 15) is 4.21 Å². The average Bonchev–Trinajstić information content (AvgIpc) is 2.85. The number of rotatable bonds is 6. The summed E-state index contributed by atoms with van der Waals surface area (Å²) in [7, 11) is -1.41. The van der Waals surface area contributed by atoms with Crippen molar-refractivity contribution in [1.82, 2.24) is 9.97 Å². The number of aliphatic imine (C=N–C) groups is 1. The molecule has 1 aliphatic rings. The Kier molecular flexibility index (Phi) is 5.58. The second-order valence-corrected chi connectivity index (χ2v) is 8.01. The van der Waals surface area contributed by atoms with Crippen LogP contribution in [0.2, 0.25) is 0 Å². The van der Waals surface area contributed by atoms with Crippen molar-refractivity contribution in [1.29, 1.82) is 0 Å². The predicted molar refractivity (Wildman–Crippen MR) is 113 cm³/mol. The van der Waals surface area contributed by atoms with Crippen molar-refractivity contribution < 1.29 is 4.21 Å². The molecule has 0 radical (unpaired) electrons. The summed E-state index contributed by atoms with van der Waals surface area (Å²) < 4.78 is 13.3. The first-order valence-corrected chi connectivity index (χ1v) is 10.6. The van der Waals surface area contributed by atoms with Gasteiger partial charge in [0, 0.05) is 18.5 Å². The molecule has 0 amide bonds. The van der Waals surface area contributed by atoms with Gasteiger partial charge in [-0.3, -0.25) is 0 Å². The molecule has 0 spiro atoms. The average molecular weight is 391 g/mol. The van der Waals surface area contributed by atoms with Gasteiger partial charge in [-0.15, -0.1) is 0 Å². The Labute approximate surface area is 167 Å². The Balaban J connectivity index is 1.84. The highest BCUT2D eigenvalue weighted by atomic mass is 32.2. The van der Waals surface area contributed by atoms with E-state index in [1.807, 2.05) is 42.5 Å².